The molecule has 28 heavy (non-hydrogen) atoms. The summed E-state index contributed by atoms with van der Waals surface area (Å²) in [6.45, 7) is 4.73. The van der Waals surface area contributed by atoms with Crippen molar-refractivity contribution in [2.45, 2.75) is 38.5 Å². The predicted octanol–water partition coefficient (Wildman–Crippen LogP) is 4.80. The van der Waals surface area contributed by atoms with E-state index in [4.69, 9.17) is 9.15 Å². The number of piperidine rings is 1. The molecule has 152 valence electrons. The lowest BCUT2D eigenvalue weighted by atomic mass is 9.75. The summed E-state index contributed by atoms with van der Waals surface area (Å²) in [6, 6.07) is 5.15. The van der Waals surface area contributed by atoms with Crippen molar-refractivity contribution in [1.82, 2.24) is 4.90 Å². The molecule has 0 radical (unpaired) electrons. The van der Waals surface area contributed by atoms with E-state index in [1.807, 2.05) is 6.92 Å². The van der Waals surface area contributed by atoms with Crippen LogP contribution in [-0.2, 0) is 6.18 Å². The fraction of sp³-hybridized carbons (Fsp3) is 0.524. The summed E-state index contributed by atoms with van der Waals surface area (Å²) in [4.78, 5) is 2.36. The Morgan fingerprint density at radius 1 is 1.21 bits per heavy atom. The van der Waals surface area contributed by atoms with Crippen LogP contribution >= 0.6 is 0 Å². The first-order valence-corrected chi connectivity index (χ1v) is 9.50. The quantitative estimate of drug-likeness (QED) is 0.808. The average molecular weight is 395 g/mol. The van der Waals surface area contributed by atoms with Gasteiger partial charge in [0.1, 0.15) is 23.4 Å². The highest BCUT2D eigenvalue weighted by Gasteiger charge is 2.47. The Kier molecular flexibility index (Phi) is 4.70. The summed E-state index contributed by atoms with van der Waals surface area (Å²) in [6.07, 6.45) is -2.25. The smallest absolute Gasteiger partial charge is 0.416 e. The molecule has 0 amide bonds. The molecule has 2 aliphatic rings. The summed E-state index contributed by atoms with van der Waals surface area (Å²) >= 11 is 0. The minimum Gasteiger partial charge on any atom is -0.496 e. The van der Waals surface area contributed by atoms with Gasteiger partial charge in [-0.1, -0.05) is 0 Å². The molecule has 0 spiro atoms. The van der Waals surface area contributed by atoms with Gasteiger partial charge in [0, 0.05) is 12.0 Å². The maximum absolute atomic E-state index is 13.0. The fourth-order valence-electron chi connectivity index (χ4n) is 4.66. The summed E-state index contributed by atoms with van der Waals surface area (Å²) < 4.78 is 50.2. The van der Waals surface area contributed by atoms with Gasteiger partial charge in [0.2, 0.25) is 0 Å². The third kappa shape index (κ3) is 3.20. The van der Waals surface area contributed by atoms with Crippen molar-refractivity contribution in [3.63, 3.8) is 0 Å². The van der Waals surface area contributed by atoms with Gasteiger partial charge in [-0.3, -0.25) is 0 Å². The van der Waals surface area contributed by atoms with Crippen molar-refractivity contribution in [3.05, 3.63) is 41.2 Å². The monoisotopic (exact) mass is 395 g/mol. The highest BCUT2D eigenvalue weighted by molar-refractivity contribution is 5.69. The second-order valence-corrected chi connectivity index (χ2v) is 7.97. The lowest BCUT2D eigenvalue weighted by molar-refractivity contribution is -0.137. The number of aryl methyl sites for hydroxylation is 1. The number of rotatable bonds is 4. The van der Waals surface area contributed by atoms with E-state index in [-0.39, 0.29) is 11.2 Å². The molecule has 2 aromatic rings. The number of hydrogen-bond donors (Lipinski definition) is 1. The van der Waals surface area contributed by atoms with E-state index in [0.29, 0.717) is 17.1 Å². The fourth-order valence-corrected chi connectivity index (χ4v) is 4.66. The first kappa shape index (κ1) is 19.3. The molecule has 4 nitrogen and oxygen atoms in total. The summed E-state index contributed by atoms with van der Waals surface area (Å²) in [5.74, 6) is 0.996. The SMILES string of the molecule is COc1cc(C(F)(F)F)ccc1-c1oc(C(O)C23CCCN(CC2)C3)cc1C. The molecule has 2 bridgehead atoms. The van der Waals surface area contributed by atoms with Crippen molar-refractivity contribution < 1.29 is 27.4 Å². The normalized spacial score (nSPS) is 25.7. The summed E-state index contributed by atoms with van der Waals surface area (Å²) in [5, 5.41) is 11.1. The molecule has 3 heterocycles. The van der Waals surface area contributed by atoms with Crippen LogP contribution in [-0.4, -0.2) is 36.8 Å². The maximum atomic E-state index is 13.0. The van der Waals surface area contributed by atoms with Gasteiger partial charge in [-0.25, -0.2) is 0 Å². The number of furan rings is 1. The van der Waals surface area contributed by atoms with Crippen LogP contribution in [0, 0.1) is 12.3 Å². The molecule has 3 atom stereocenters. The molecule has 2 saturated heterocycles. The highest BCUT2D eigenvalue weighted by atomic mass is 19.4. The van der Waals surface area contributed by atoms with E-state index < -0.39 is 17.8 Å². The predicted molar refractivity (Wildman–Crippen MR) is 98.1 cm³/mol. The Morgan fingerprint density at radius 3 is 2.71 bits per heavy atom. The Hall–Kier alpha value is -1.99. The van der Waals surface area contributed by atoms with E-state index in [9.17, 15) is 18.3 Å². The van der Waals surface area contributed by atoms with Crippen LogP contribution in [0.2, 0.25) is 0 Å². The van der Waals surface area contributed by atoms with Crippen LogP contribution in [0.5, 0.6) is 5.75 Å². The molecular weight excluding hydrogens is 371 g/mol. The van der Waals surface area contributed by atoms with Gasteiger partial charge >= 0.3 is 6.18 Å². The number of halogens is 3. The van der Waals surface area contributed by atoms with Gasteiger partial charge in [-0.2, -0.15) is 13.2 Å². The van der Waals surface area contributed by atoms with E-state index in [2.05, 4.69) is 4.90 Å². The second kappa shape index (κ2) is 6.81. The van der Waals surface area contributed by atoms with Crippen LogP contribution in [0.25, 0.3) is 11.3 Å². The number of aliphatic hydroxyl groups is 1. The van der Waals surface area contributed by atoms with Crippen LogP contribution in [0.3, 0.4) is 0 Å². The second-order valence-electron chi connectivity index (χ2n) is 7.97. The van der Waals surface area contributed by atoms with Gasteiger partial charge in [0.15, 0.2) is 0 Å². The van der Waals surface area contributed by atoms with Crippen molar-refractivity contribution in [1.29, 1.82) is 0 Å². The standard InChI is InChI=1S/C21H24F3NO3/c1-13-10-17(19(26)20-6-3-8-25(12-20)9-7-20)28-18(13)15-5-4-14(21(22,23)24)11-16(15)27-2/h4-5,10-11,19,26H,3,6-9,12H2,1-2H3. The van der Waals surface area contributed by atoms with Crippen molar-refractivity contribution in [2.24, 2.45) is 5.41 Å². The highest BCUT2D eigenvalue weighted by Crippen LogP contribution is 2.50. The molecule has 1 aromatic heterocycles. The third-order valence-electron chi connectivity index (χ3n) is 6.17. The summed E-state index contributed by atoms with van der Waals surface area (Å²) in [7, 11) is 1.33. The molecular formula is C21H24F3NO3. The van der Waals surface area contributed by atoms with Gasteiger partial charge in [0.05, 0.1) is 18.2 Å². The van der Waals surface area contributed by atoms with Gasteiger partial charge in [0.25, 0.3) is 0 Å². The number of hydrogen-bond acceptors (Lipinski definition) is 4. The third-order valence-corrected chi connectivity index (χ3v) is 6.17. The molecule has 0 saturated carbocycles. The largest absolute Gasteiger partial charge is 0.496 e. The molecule has 2 fully saturated rings. The van der Waals surface area contributed by atoms with E-state index in [1.54, 1.807) is 6.07 Å². The van der Waals surface area contributed by atoms with Crippen LogP contribution in [0.1, 0.15) is 42.3 Å². The van der Waals surface area contributed by atoms with Crippen LogP contribution < -0.4 is 4.74 Å². The Bertz CT molecular complexity index is 872. The van der Waals surface area contributed by atoms with E-state index >= 15 is 0 Å². The van der Waals surface area contributed by atoms with Crippen LogP contribution in [0.15, 0.2) is 28.7 Å². The number of alkyl halides is 3. The van der Waals surface area contributed by atoms with E-state index in [1.165, 1.54) is 13.2 Å². The van der Waals surface area contributed by atoms with Crippen molar-refractivity contribution in [3.8, 4) is 17.1 Å². The maximum Gasteiger partial charge on any atom is 0.416 e. The number of benzene rings is 1. The van der Waals surface area contributed by atoms with Crippen LogP contribution in [0.4, 0.5) is 13.2 Å². The zero-order valence-electron chi connectivity index (χ0n) is 16.0. The molecule has 1 aromatic carbocycles. The van der Waals surface area contributed by atoms with Crippen molar-refractivity contribution in [2.75, 3.05) is 26.7 Å². The number of aliphatic hydroxyl groups excluding tert-OH is 1. The molecule has 7 heteroatoms. The average Bonchev–Trinajstić information content (AvgIpc) is 3.19. The first-order valence-electron chi connectivity index (χ1n) is 9.50. The zero-order valence-corrected chi connectivity index (χ0v) is 16.0. The van der Waals surface area contributed by atoms with Gasteiger partial charge in [-0.15, -0.1) is 0 Å². The molecule has 2 aliphatic heterocycles. The first-order chi connectivity index (χ1) is 13.2. The van der Waals surface area contributed by atoms with E-state index in [0.717, 1.165) is 56.6 Å². The van der Waals surface area contributed by atoms with Gasteiger partial charge in [-0.05, 0) is 69.1 Å². The number of ether oxygens (including phenoxy) is 1. The Morgan fingerprint density at radius 2 is 2.00 bits per heavy atom. The molecule has 4 rings (SSSR count). The lowest BCUT2D eigenvalue weighted by Crippen LogP contribution is -2.37. The summed E-state index contributed by atoms with van der Waals surface area (Å²) in [5.41, 5.74) is 0.226. The zero-order chi connectivity index (χ0) is 20.1. The van der Waals surface area contributed by atoms with Gasteiger partial charge < -0.3 is 19.2 Å². The Balaban J connectivity index is 1.69. The van der Waals surface area contributed by atoms with Crippen molar-refractivity contribution >= 4 is 0 Å². The minimum absolute atomic E-state index is 0.0937. The minimum atomic E-state index is -4.44. The number of fused-ring (bicyclic) bond motifs is 2. The molecule has 0 aliphatic carbocycles. The molecule has 1 N–H and O–H groups in total. The topological polar surface area (TPSA) is 45.8 Å². The molecule has 3 unspecified atom stereocenters. The Labute approximate surface area is 161 Å². The lowest BCUT2D eigenvalue weighted by Gasteiger charge is -2.37. The number of methoxy groups -OCH3 is 1. The number of nitrogens with zero attached hydrogens (tertiary/aromatic N) is 1.